The van der Waals surface area contributed by atoms with E-state index in [1.165, 1.54) is 30.4 Å². The largest absolute Gasteiger partial charge is 0.348 e. The van der Waals surface area contributed by atoms with Crippen molar-refractivity contribution in [2.45, 2.75) is 31.7 Å². The molecule has 1 aliphatic carbocycles. The zero-order valence-electron chi connectivity index (χ0n) is 15.2. The van der Waals surface area contributed by atoms with Crippen LogP contribution in [0.5, 0.6) is 0 Å². The molecule has 0 radical (unpaired) electrons. The molecule has 2 unspecified atom stereocenters. The number of nitrogens with one attached hydrogen (secondary N) is 1. The minimum absolute atomic E-state index is 0.162. The Hall–Kier alpha value is -2.20. The molecule has 1 amide bonds. The minimum atomic E-state index is 0.162. The van der Waals surface area contributed by atoms with Crippen molar-refractivity contribution in [1.29, 1.82) is 0 Å². The van der Waals surface area contributed by atoms with Crippen molar-refractivity contribution in [2.75, 3.05) is 19.6 Å². The number of likely N-dealkylation sites (tertiary alicyclic amines) is 1. The molecule has 1 aromatic carbocycles. The minimum Gasteiger partial charge on any atom is -0.348 e. The Morgan fingerprint density at radius 3 is 2.62 bits per heavy atom. The van der Waals surface area contributed by atoms with Crippen LogP contribution < -0.4 is 5.32 Å². The van der Waals surface area contributed by atoms with Gasteiger partial charge in [-0.2, -0.15) is 0 Å². The van der Waals surface area contributed by atoms with E-state index in [1.54, 1.807) is 0 Å². The molecule has 2 fully saturated rings. The van der Waals surface area contributed by atoms with Crippen LogP contribution in [0.4, 0.5) is 0 Å². The third-order valence-electron chi connectivity index (χ3n) is 5.58. The average Bonchev–Trinajstić information content (AvgIpc) is 3.42. The first kappa shape index (κ1) is 17.2. The molecule has 0 bridgehead atoms. The summed E-state index contributed by atoms with van der Waals surface area (Å²) in [6.07, 6.45) is 8.40. The van der Waals surface area contributed by atoms with Crippen LogP contribution in [0.3, 0.4) is 0 Å². The summed E-state index contributed by atoms with van der Waals surface area (Å²) >= 11 is 0. The lowest BCUT2D eigenvalue weighted by atomic mass is 10.00. The van der Waals surface area contributed by atoms with Crippen LogP contribution in [-0.4, -0.2) is 35.4 Å². The molecule has 1 N–H and O–H groups in total. The van der Waals surface area contributed by atoms with E-state index < -0.39 is 0 Å². The molecule has 0 spiro atoms. The summed E-state index contributed by atoms with van der Waals surface area (Å²) in [5, 5.41) is 3.30. The Labute approximate surface area is 155 Å². The quantitative estimate of drug-likeness (QED) is 0.835. The maximum atomic E-state index is 12.6. The van der Waals surface area contributed by atoms with Crippen LogP contribution in [0.2, 0.25) is 0 Å². The average molecular weight is 349 g/mol. The van der Waals surface area contributed by atoms with Crippen molar-refractivity contribution in [3.63, 3.8) is 0 Å². The molecule has 1 saturated carbocycles. The number of pyridine rings is 1. The lowest BCUT2D eigenvalue weighted by molar-refractivity contribution is -0.123. The molecular weight excluding hydrogens is 322 g/mol. The van der Waals surface area contributed by atoms with Crippen LogP contribution in [0, 0.1) is 11.8 Å². The fourth-order valence-corrected chi connectivity index (χ4v) is 4.06. The van der Waals surface area contributed by atoms with Crippen LogP contribution in [0.1, 0.15) is 36.4 Å². The van der Waals surface area contributed by atoms with E-state index in [9.17, 15) is 4.79 Å². The van der Waals surface area contributed by atoms with Gasteiger partial charge in [0, 0.05) is 18.9 Å². The summed E-state index contributed by atoms with van der Waals surface area (Å²) in [6, 6.07) is 14.8. The van der Waals surface area contributed by atoms with Gasteiger partial charge in [0.05, 0.1) is 12.6 Å². The smallest absolute Gasteiger partial charge is 0.234 e. The van der Waals surface area contributed by atoms with Crippen molar-refractivity contribution in [1.82, 2.24) is 15.2 Å². The lowest BCUT2D eigenvalue weighted by Crippen LogP contribution is -2.38. The maximum Gasteiger partial charge on any atom is 0.234 e. The van der Waals surface area contributed by atoms with Crippen LogP contribution in [-0.2, 0) is 11.2 Å². The Bertz CT molecular complexity index is 715. The number of amides is 1. The Balaban J connectivity index is 1.28. The lowest BCUT2D eigenvalue weighted by Gasteiger charge is -2.21. The second kappa shape index (κ2) is 8.00. The topological polar surface area (TPSA) is 45.2 Å². The van der Waals surface area contributed by atoms with Crippen molar-refractivity contribution in [3.8, 4) is 0 Å². The number of rotatable bonds is 7. The molecular formula is C22H27N3O. The molecule has 2 aromatic rings. The zero-order valence-corrected chi connectivity index (χ0v) is 15.2. The van der Waals surface area contributed by atoms with Gasteiger partial charge in [0.15, 0.2) is 0 Å². The van der Waals surface area contributed by atoms with E-state index in [-0.39, 0.29) is 11.9 Å². The highest BCUT2D eigenvalue weighted by molar-refractivity contribution is 5.78. The molecule has 4 nitrogen and oxygen atoms in total. The fourth-order valence-electron chi connectivity index (χ4n) is 4.06. The predicted molar refractivity (Wildman–Crippen MR) is 103 cm³/mol. The summed E-state index contributed by atoms with van der Waals surface area (Å²) in [5.74, 6) is 1.41. The molecule has 4 rings (SSSR count). The first-order chi connectivity index (χ1) is 12.8. The summed E-state index contributed by atoms with van der Waals surface area (Å²) in [7, 11) is 0. The van der Waals surface area contributed by atoms with Crippen molar-refractivity contribution in [3.05, 3.63) is 66.0 Å². The van der Waals surface area contributed by atoms with Crippen molar-refractivity contribution in [2.24, 2.45) is 11.8 Å². The third kappa shape index (κ3) is 4.50. The fraction of sp³-hybridized carbons (Fsp3) is 0.455. The summed E-state index contributed by atoms with van der Waals surface area (Å²) in [5.41, 5.74) is 2.58. The SMILES string of the molecule is O=C(CN1CCC(Cc2ccncc2)C1)NC(c1ccccc1)C1CC1. The summed E-state index contributed by atoms with van der Waals surface area (Å²) in [4.78, 5) is 19.0. The first-order valence-electron chi connectivity index (χ1n) is 9.73. The van der Waals surface area contributed by atoms with Gasteiger partial charge >= 0.3 is 0 Å². The number of carbonyl (C=O) groups excluding carboxylic acids is 1. The van der Waals surface area contributed by atoms with Crippen LogP contribution in [0.25, 0.3) is 0 Å². The van der Waals surface area contributed by atoms with Gasteiger partial charge in [0.25, 0.3) is 0 Å². The van der Waals surface area contributed by atoms with E-state index in [2.05, 4.69) is 51.6 Å². The van der Waals surface area contributed by atoms with Gasteiger partial charge in [-0.25, -0.2) is 0 Å². The first-order valence-corrected chi connectivity index (χ1v) is 9.73. The molecule has 2 atom stereocenters. The van der Waals surface area contributed by atoms with Crippen molar-refractivity contribution < 1.29 is 4.79 Å². The van der Waals surface area contributed by atoms with Gasteiger partial charge in [0.2, 0.25) is 5.91 Å². The number of hydrogen-bond acceptors (Lipinski definition) is 3. The summed E-state index contributed by atoms with van der Waals surface area (Å²) in [6.45, 7) is 2.54. The van der Waals surface area contributed by atoms with Gasteiger partial charge in [-0.15, -0.1) is 0 Å². The highest BCUT2D eigenvalue weighted by Crippen LogP contribution is 2.40. The summed E-state index contributed by atoms with van der Waals surface area (Å²) < 4.78 is 0. The second-order valence-corrected chi connectivity index (χ2v) is 7.74. The molecule has 4 heteroatoms. The number of aromatic nitrogens is 1. The Morgan fingerprint density at radius 2 is 1.88 bits per heavy atom. The number of benzene rings is 1. The Morgan fingerprint density at radius 1 is 1.12 bits per heavy atom. The zero-order chi connectivity index (χ0) is 17.8. The number of carbonyl (C=O) groups is 1. The molecule has 2 heterocycles. The molecule has 26 heavy (non-hydrogen) atoms. The van der Waals surface area contributed by atoms with Gasteiger partial charge in [-0.05, 0) is 67.3 Å². The van der Waals surface area contributed by atoms with E-state index >= 15 is 0 Å². The van der Waals surface area contributed by atoms with Gasteiger partial charge in [0.1, 0.15) is 0 Å². The normalized spacial score (nSPS) is 21.5. The molecule has 2 aliphatic rings. The van der Waals surface area contributed by atoms with Crippen molar-refractivity contribution >= 4 is 5.91 Å². The second-order valence-electron chi connectivity index (χ2n) is 7.74. The number of hydrogen-bond donors (Lipinski definition) is 1. The molecule has 136 valence electrons. The number of nitrogens with zero attached hydrogens (tertiary/aromatic N) is 2. The van der Waals surface area contributed by atoms with E-state index in [1.807, 2.05) is 18.5 Å². The highest BCUT2D eigenvalue weighted by atomic mass is 16.2. The van der Waals surface area contributed by atoms with E-state index in [0.29, 0.717) is 18.4 Å². The molecule has 1 aromatic heterocycles. The van der Waals surface area contributed by atoms with E-state index in [4.69, 9.17) is 0 Å². The van der Waals surface area contributed by atoms with Gasteiger partial charge in [-0.3, -0.25) is 14.7 Å². The molecule has 1 aliphatic heterocycles. The maximum absolute atomic E-state index is 12.6. The van der Waals surface area contributed by atoms with Gasteiger partial charge < -0.3 is 5.32 Å². The molecule has 1 saturated heterocycles. The predicted octanol–water partition coefficient (Wildman–Crippen LogP) is 3.21. The standard InChI is InChI=1S/C22H27N3O/c26-21(24-22(20-6-7-20)19-4-2-1-3-5-19)16-25-13-10-18(15-25)14-17-8-11-23-12-9-17/h1-5,8-9,11-12,18,20,22H,6-7,10,13-16H2,(H,24,26). The monoisotopic (exact) mass is 349 g/mol. The highest BCUT2D eigenvalue weighted by Gasteiger charge is 2.34. The third-order valence-corrected chi connectivity index (χ3v) is 5.58. The van der Waals surface area contributed by atoms with E-state index in [0.717, 1.165) is 19.5 Å². The van der Waals surface area contributed by atoms with Crippen LogP contribution >= 0.6 is 0 Å². The van der Waals surface area contributed by atoms with Crippen LogP contribution in [0.15, 0.2) is 54.9 Å². The Kier molecular flexibility index (Phi) is 5.30. The van der Waals surface area contributed by atoms with Gasteiger partial charge in [-0.1, -0.05) is 30.3 Å².